The third kappa shape index (κ3) is 5.66. The molecule has 190 valence electrons. The number of nitrogens with one attached hydrogen (secondary N) is 2. The number of carbonyl (C=O) groups is 1. The molecule has 1 aliphatic heterocycles. The van der Waals surface area contributed by atoms with Gasteiger partial charge < -0.3 is 20.4 Å². The molecule has 2 aromatic carbocycles. The number of hydrazone groups is 1. The van der Waals surface area contributed by atoms with E-state index in [9.17, 15) is 14.1 Å². The Morgan fingerprint density at radius 1 is 1.14 bits per heavy atom. The van der Waals surface area contributed by atoms with Crippen molar-refractivity contribution in [1.29, 1.82) is 0 Å². The average Bonchev–Trinajstić information content (AvgIpc) is 3.52. The number of carbonyl (C=O) groups excluding carboxylic acids is 1. The lowest BCUT2D eigenvalue weighted by Gasteiger charge is -2.23. The van der Waals surface area contributed by atoms with Gasteiger partial charge in [0, 0.05) is 41.7 Å². The molecule has 5 N–H and O–H groups in total. The van der Waals surface area contributed by atoms with Crippen LogP contribution in [0.15, 0.2) is 93.6 Å². The zero-order valence-corrected chi connectivity index (χ0v) is 20.5. The van der Waals surface area contributed by atoms with E-state index in [0.717, 1.165) is 5.56 Å². The van der Waals surface area contributed by atoms with Gasteiger partial charge in [0.05, 0.1) is 16.6 Å². The van der Waals surface area contributed by atoms with Gasteiger partial charge in [-0.3, -0.25) is 9.71 Å². The van der Waals surface area contributed by atoms with E-state index < -0.39 is 23.1 Å². The van der Waals surface area contributed by atoms with Crippen LogP contribution in [0.25, 0.3) is 0 Å². The number of urea groups is 1. The summed E-state index contributed by atoms with van der Waals surface area (Å²) in [6, 6.07) is 17.8. The Hall–Kier alpha value is -4.55. The summed E-state index contributed by atoms with van der Waals surface area (Å²) in [5.41, 5.74) is 2.58. The maximum atomic E-state index is 13.3. The highest BCUT2D eigenvalue weighted by molar-refractivity contribution is 7.86. The summed E-state index contributed by atoms with van der Waals surface area (Å²) in [7, 11) is -1.55. The minimum Gasteiger partial charge on any atom is -0.508 e. The molecule has 2 atom stereocenters. The number of para-hydroxylation sites is 1. The summed E-state index contributed by atoms with van der Waals surface area (Å²) in [6.45, 7) is 1.74. The molecule has 0 saturated heterocycles. The van der Waals surface area contributed by atoms with Crippen LogP contribution in [-0.4, -0.2) is 41.7 Å². The second kappa shape index (κ2) is 11.0. The lowest BCUT2D eigenvalue weighted by molar-refractivity contribution is 0.199. The van der Waals surface area contributed by atoms with E-state index in [1.54, 1.807) is 80.0 Å². The van der Waals surface area contributed by atoms with Gasteiger partial charge in [0.2, 0.25) is 0 Å². The van der Waals surface area contributed by atoms with E-state index in [-0.39, 0.29) is 11.2 Å². The Morgan fingerprint density at radius 3 is 2.59 bits per heavy atom. The van der Waals surface area contributed by atoms with Crippen molar-refractivity contribution in [2.45, 2.75) is 24.3 Å². The monoisotopic (exact) mass is 520 g/mol. The number of phenols is 1. The molecule has 12 heteroatoms. The number of hydrogen-bond donors (Lipinski definition) is 3. The number of aromatic hydroxyl groups is 1. The third-order valence-corrected chi connectivity index (χ3v) is 6.65. The molecular weight excluding hydrogens is 496 g/mol. The number of anilines is 2. The van der Waals surface area contributed by atoms with E-state index in [2.05, 4.69) is 25.3 Å². The highest BCUT2D eigenvalue weighted by Gasteiger charge is 2.34. The van der Waals surface area contributed by atoms with Crippen molar-refractivity contribution in [3.8, 4) is 5.75 Å². The quantitative estimate of drug-likeness (QED) is 0.350. The van der Waals surface area contributed by atoms with Crippen LogP contribution in [0.3, 0.4) is 0 Å². The largest absolute Gasteiger partial charge is 0.508 e. The van der Waals surface area contributed by atoms with Crippen molar-refractivity contribution in [1.82, 2.24) is 15.1 Å². The van der Waals surface area contributed by atoms with Gasteiger partial charge in [0.1, 0.15) is 11.5 Å². The SMILES string of the molecule is Cc1cc(NS(=O)c2ccc(NC(=O)N3N=C(c4cccnc4)CC3c3ccccc3O)cc2)no1.O. The zero-order chi connectivity index (χ0) is 25.1. The summed E-state index contributed by atoms with van der Waals surface area (Å²) < 4.78 is 20.3. The molecule has 4 aromatic rings. The summed E-state index contributed by atoms with van der Waals surface area (Å²) in [6.07, 6.45) is 3.78. The highest BCUT2D eigenvalue weighted by Crippen LogP contribution is 2.37. The van der Waals surface area contributed by atoms with E-state index in [1.165, 1.54) is 5.01 Å². The normalized spacial score (nSPS) is 15.4. The Kier molecular flexibility index (Phi) is 7.60. The second-order valence-corrected chi connectivity index (χ2v) is 9.27. The molecule has 11 nitrogen and oxygen atoms in total. The number of amides is 2. The van der Waals surface area contributed by atoms with Crippen LogP contribution in [0.2, 0.25) is 0 Å². The molecule has 5 rings (SSSR count). The topological polar surface area (TPSA) is 164 Å². The fourth-order valence-corrected chi connectivity index (χ4v) is 4.62. The van der Waals surface area contributed by atoms with Crippen molar-refractivity contribution >= 4 is 34.2 Å². The van der Waals surface area contributed by atoms with Crippen molar-refractivity contribution in [2.24, 2.45) is 5.10 Å². The molecule has 0 aliphatic carbocycles. The van der Waals surface area contributed by atoms with E-state index in [4.69, 9.17) is 4.52 Å². The number of benzene rings is 2. The van der Waals surface area contributed by atoms with Gasteiger partial charge >= 0.3 is 6.03 Å². The Morgan fingerprint density at radius 2 is 1.92 bits per heavy atom. The Balaban J connectivity index is 0.00000320. The van der Waals surface area contributed by atoms with Crippen LogP contribution in [0.5, 0.6) is 5.75 Å². The van der Waals surface area contributed by atoms with Crippen LogP contribution in [-0.2, 0) is 11.0 Å². The summed E-state index contributed by atoms with van der Waals surface area (Å²) in [5, 5.41) is 22.9. The van der Waals surface area contributed by atoms with Gasteiger partial charge in [-0.2, -0.15) is 5.10 Å². The van der Waals surface area contributed by atoms with Crippen molar-refractivity contribution < 1.29 is 24.1 Å². The molecule has 0 spiro atoms. The van der Waals surface area contributed by atoms with Crippen molar-refractivity contribution in [3.05, 3.63) is 96.0 Å². The van der Waals surface area contributed by atoms with E-state index in [0.29, 0.717) is 39.9 Å². The molecule has 37 heavy (non-hydrogen) atoms. The molecule has 0 bridgehead atoms. The van der Waals surface area contributed by atoms with Crippen molar-refractivity contribution in [3.63, 3.8) is 0 Å². The first-order valence-electron chi connectivity index (χ1n) is 11.1. The second-order valence-electron chi connectivity index (χ2n) is 8.06. The number of aromatic nitrogens is 2. The summed E-state index contributed by atoms with van der Waals surface area (Å²) in [5.74, 6) is 1.06. The number of rotatable bonds is 6. The number of hydrogen-bond acceptors (Lipinski definition) is 7. The summed E-state index contributed by atoms with van der Waals surface area (Å²) >= 11 is 0. The van der Waals surface area contributed by atoms with E-state index >= 15 is 0 Å². The molecule has 2 amide bonds. The van der Waals surface area contributed by atoms with Crippen LogP contribution in [0, 0.1) is 6.92 Å². The Bertz CT molecular complexity index is 1440. The van der Waals surface area contributed by atoms with Crippen LogP contribution >= 0.6 is 0 Å². The molecule has 0 saturated carbocycles. The first kappa shape index (κ1) is 25.5. The Labute approximate surface area is 214 Å². The number of pyridine rings is 1. The molecule has 1 aliphatic rings. The molecular formula is C25H24N6O5S. The minimum absolute atomic E-state index is 0. The molecule has 3 heterocycles. The number of nitrogens with zero attached hydrogens (tertiary/aromatic N) is 4. The van der Waals surface area contributed by atoms with Gasteiger partial charge in [-0.05, 0) is 43.3 Å². The van der Waals surface area contributed by atoms with Crippen LogP contribution in [0.1, 0.15) is 29.3 Å². The molecule has 2 unspecified atom stereocenters. The maximum Gasteiger partial charge on any atom is 0.342 e. The molecule has 0 fully saturated rings. The predicted molar refractivity (Wildman–Crippen MR) is 138 cm³/mol. The maximum absolute atomic E-state index is 13.3. The first-order valence-corrected chi connectivity index (χ1v) is 12.2. The zero-order valence-electron chi connectivity index (χ0n) is 19.7. The molecule has 2 aromatic heterocycles. The molecule has 0 radical (unpaired) electrons. The smallest absolute Gasteiger partial charge is 0.342 e. The van der Waals surface area contributed by atoms with Gasteiger partial charge in [-0.15, -0.1) is 0 Å². The number of aryl methyl sites for hydroxylation is 1. The predicted octanol–water partition coefficient (Wildman–Crippen LogP) is 3.78. The minimum atomic E-state index is -1.55. The fraction of sp³-hybridized carbons (Fsp3) is 0.120. The lowest BCUT2D eigenvalue weighted by atomic mass is 9.98. The fourth-order valence-electron chi connectivity index (χ4n) is 3.83. The number of phenolic OH excluding ortho intramolecular Hbond substituents is 1. The summed E-state index contributed by atoms with van der Waals surface area (Å²) in [4.78, 5) is 17.9. The highest BCUT2D eigenvalue weighted by atomic mass is 32.2. The van der Waals surface area contributed by atoms with Crippen LogP contribution in [0.4, 0.5) is 16.3 Å². The first-order chi connectivity index (χ1) is 17.5. The van der Waals surface area contributed by atoms with Crippen molar-refractivity contribution in [2.75, 3.05) is 10.0 Å². The third-order valence-electron chi connectivity index (χ3n) is 5.55. The average molecular weight is 521 g/mol. The lowest BCUT2D eigenvalue weighted by Crippen LogP contribution is -2.31. The van der Waals surface area contributed by atoms with Gasteiger partial charge in [-0.1, -0.05) is 29.4 Å². The standard InChI is InChI=1S/C25H22N6O4S.H2O/c1-16-13-24(29-35-16)30-36(34)19-10-8-18(9-11-19)27-25(33)31-22(20-6-2-3-7-23(20)32)14-21(28-31)17-5-4-12-26-15-17;/h2-13,15,22,32H,14H2,1H3,(H,27,33)(H,29,30);1H2. The van der Waals surface area contributed by atoms with Gasteiger partial charge in [0.15, 0.2) is 16.8 Å². The van der Waals surface area contributed by atoms with Crippen LogP contribution < -0.4 is 10.0 Å². The van der Waals surface area contributed by atoms with Gasteiger partial charge in [-0.25, -0.2) is 14.0 Å². The van der Waals surface area contributed by atoms with E-state index in [1.807, 2.05) is 6.07 Å². The van der Waals surface area contributed by atoms with Gasteiger partial charge in [0.25, 0.3) is 0 Å².